The lowest BCUT2D eigenvalue weighted by Crippen LogP contribution is -2.48. The number of anilines is 1. The molecule has 2 atom stereocenters. The van der Waals surface area contributed by atoms with E-state index in [4.69, 9.17) is 5.73 Å². The van der Waals surface area contributed by atoms with Crippen LogP contribution in [0, 0.1) is 12.8 Å². The number of phenols is 1. The van der Waals surface area contributed by atoms with Gasteiger partial charge in [0.25, 0.3) is 5.91 Å². The molecule has 0 aliphatic heterocycles. The third kappa shape index (κ3) is 9.50. The van der Waals surface area contributed by atoms with Crippen molar-refractivity contribution in [2.75, 3.05) is 25.4 Å². The predicted molar refractivity (Wildman–Crippen MR) is 169 cm³/mol. The lowest BCUT2D eigenvalue weighted by Gasteiger charge is -2.31. The molecule has 0 saturated heterocycles. The number of benzene rings is 2. The molecule has 12 heteroatoms. The molecule has 2 amide bonds. The number of amides is 2. The fourth-order valence-electron chi connectivity index (χ4n) is 4.82. The Balaban J connectivity index is 1.64. The fraction of sp³-hybridized carbons (Fsp3) is 0.406. The molecule has 3 aromatic rings. The van der Waals surface area contributed by atoms with E-state index < -0.39 is 33.9 Å². The van der Waals surface area contributed by atoms with Crippen LogP contribution in [0.5, 0.6) is 5.75 Å². The highest BCUT2D eigenvalue weighted by atomic mass is 32.2. The lowest BCUT2D eigenvalue weighted by molar-refractivity contribution is -0.122. The van der Waals surface area contributed by atoms with Crippen molar-refractivity contribution in [1.82, 2.24) is 19.9 Å². The second-order valence-corrected chi connectivity index (χ2v) is 13.0. The Morgan fingerprint density at radius 3 is 2.36 bits per heavy atom. The minimum Gasteiger partial charge on any atom is -0.508 e. The molecule has 0 aliphatic carbocycles. The van der Waals surface area contributed by atoms with Crippen molar-refractivity contribution in [3.05, 3.63) is 83.7 Å². The number of rotatable bonds is 16. The van der Waals surface area contributed by atoms with Gasteiger partial charge in [-0.25, -0.2) is 8.42 Å². The number of nitrogens with one attached hydrogen (secondary N) is 2. The van der Waals surface area contributed by atoms with Gasteiger partial charge in [0, 0.05) is 43.1 Å². The summed E-state index contributed by atoms with van der Waals surface area (Å²) in [6.07, 6.45) is 3.07. The minimum absolute atomic E-state index is 0.0204. The van der Waals surface area contributed by atoms with Gasteiger partial charge in [-0.15, -0.1) is 0 Å². The first-order valence-electron chi connectivity index (χ1n) is 14.7. The standard InChI is InChI=1S/C32H43N5O6S/c1-22(2)20-37(44(42,43)27-15-13-25(33)14-16-27)26(21-38)10-6-7-17-35-32(41)29(19-24-9-4-5-12-30(24)39)36-31(40)28-11-8-18-34-23(28)3/h4-5,8-9,11-16,18,22,26,29,38-39H,6-7,10,17,19-21,33H2,1-3H3,(H,35,41)(H,36,40)/t26-,29-/m0/s1. The van der Waals surface area contributed by atoms with Crippen molar-refractivity contribution in [3.63, 3.8) is 0 Å². The Labute approximate surface area is 259 Å². The number of aromatic hydroxyl groups is 1. The average Bonchev–Trinajstić information content (AvgIpc) is 2.99. The number of nitrogens with zero attached hydrogens (tertiary/aromatic N) is 2. The third-order valence-corrected chi connectivity index (χ3v) is 9.13. The van der Waals surface area contributed by atoms with Gasteiger partial charge in [-0.05, 0) is 73.7 Å². The topological polar surface area (TPSA) is 175 Å². The molecule has 0 unspecified atom stereocenters. The van der Waals surface area contributed by atoms with Crippen LogP contribution in [0.3, 0.4) is 0 Å². The van der Waals surface area contributed by atoms with E-state index in [1.54, 1.807) is 43.5 Å². The zero-order valence-electron chi connectivity index (χ0n) is 25.4. The number of nitrogens with two attached hydrogens (primary N) is 1. The highest BCUT2D eigenvalue weighted by Crippen LogP contribution is 2.23. The van der Waals surface area contributed by atoms with Crippen LogP contribution >= 0.6 is 0 Å². The molecule has 44 heavy (non-hydrogen) atoms. The SMILES string of the molecule is Cc1ncccc1C(=O)N[C@@H](Cc1ccccc1O)C(=O)NCCCC[C@@H](CO)N(CC(C)C)S(=O)(=O)c1ccc(N)cc1. The summed E-state index contributed by atoms with van der Waals surface area (Å²) in [7, 11) is -3.88. The Bertz CT molecular complexity index is 1500. The number of nitrogen functional groups attached to an aromatic ring is 1. The zero-order chi connectivity index (χ0) is 32.3. The van der Waals surface area contributed by atoms with Crippen LogP contribution in [0.4, 0.5) is 5.69 Å². The van der Waals surface area contributed by atoms with Crippen molar-refractivity contribution in [3.8, 4) is 5.75 Å². The lowest BCUT2D eigenvalue weighted by atomic mass is 10.0. The van der Waals surface area contributed by atoms with Crippen LogP contribution in [0.2, 0.25) is 0 Å². The zero-order valence-corrected chi connectivity index (χ0v) is 26.3. The van der Waals surface area contributed by atoms with E-state index in [0.717, 1.165) is 0 Å². The number of hydrogen-bond acceptors (Lipinski definition) is 8. The van der Waals surface area contributed by atoms with Gasteiger partial charge in [0.1, 0.15) is 11.8 Å². The Kier molecular flexibility index (Phi) is 12.7. The van der Waals surface area contributed by atoms with E-state index in [1.165, 1.54) is 34.6 Å². The highest BCUT2D eigenvalue weighted by Gasteiger charge is 2.31. The molecule has 6 N–H and O–H groups in total. The number of para-hydroxylation sites is 1. The van der Waals surface area contributed by atoms with E-state index in [9.17, 15) is 28.2 Å². The Morgan fingerprint density at radius 1 is 1.02 bits per heavy atom. The molecule has 0 radical (unpaired) electrons. The number of aromatic nitrogens is 1. The summed E-state index contributed by atoms with van der Waals surface area (Å²) < 4.78 is 28.3. The second-order valence-electron chi connectivity index (χ2n) is 11.2. The van der Waals surface area contributed by atoms with Crippen molar-refractivity contribution in [1.29, 1.82) is 0 Å². The van der Waals surface area contributed by atoms with E-state index >= 15 is 0 Å². The molecule has 0 aliphatic rings. The van der Waals surface area contributed by atoms with E-state index in [2.05, 4.69) is 15.6 Å². The highest BCUT2D eigenvalue weighted by molar-refractivity contribution is 7.89. The number of pyridine rings is 1. The first-order valence-corrected chi connectivity index (χ1v) is 16.1. The van der Waals surface area contributed by atoms with Gasteiger partial charge in [0.15, 0.2) is 0 Å². The molecule has 0 fully saturated rings. The van der Waals surface area contributed by atoms with Gasteiger partial charge in [-0.2, -0.15) is 4.31 Å². The van der Waals surface area contributed by atoms with E-state index in [-0.39, 0.29) is 42.7 Å². The maximum absolute atomic E-state index is 13.5. The maximum Gasteiger partial charge on any atom is 0.253 e. The van der Waals surface area contributed by atoms with Crippen molar-refractivity contribution >= 4 is 27.5 Å². The molecule has 238 valence electrons. The summed E-state index contributed by atoms with van der Waals surface area (Å²) in [5, 5.41) is 26.1. The maximum atomic E-state index is 13.5. The number of phenolic OH excluding ortho intramolecular Hbond substituents is 1. The first kappa shape index (κ1) is 34.5. The van der Waals surface area contributed by atoms with Crippen LogP contribution in [0.25, 0.3) is 0 Å². The smallest absolute Gasteiger partial charge is 0.253 e. The van der Waals surface area contributed by atoms with Crippen LogP contribution in [0.1, 0.15) is 54.7 Å². The molecule has 3 rings (SSSR count). The molecular formula is C32H43N5O6S. The quantitative estimate of drug-likeness (QED) is 0.119. The molecule has 1 heterocycles. The summed E-state index contributed by atoms with van der Waals surface area (Å²) in [5.74, 6) is -0.829. The predicted octanol–water partition coefficient (Wildman–Crippen LogP) is 3.01. The number of aliphatic hydroxyl groups excluding tert-OH is 1. The van der Waals surface area contributed by atoms with Gasteiger partial charge in [-0.3, -0.25) is 14.6 Å². The van der Waals surface area contributed by atoms with Crippen LogP contribution in [-0.2, 0) is 21.2 Å². The second kappa shape index (κ2) is 16.2. The minimum atomic E-state index is -3.88. The third-order valence-electron chi connectivity index (χ3n) is 7.20. The molecule has 1 aromatic heterocycles. The van der Waals surface area contributed by atoms with Gasteiger partial charge < -0.3 is 26.6 Å². The molecule has 0 spiro atoms. The first-order chi connectivity index (χ1) is 20.9. The number of aliphatic hydroxyl groups is 1. The van der Waals surface area contributed by atoms with Crippen LogP contribution in [-0.4, -0.2) is 71.5 Å². The average molecular weight is 626 g/mol. The normalized spacial score (nSPS) is 13.0. The Hall–Kier alpha value is -4.00. The number of unbranched alkanes of at least 4 members (excludes halogenated alkanes) is 1. The van der Waals surface area contributed by atoms with Crippen LogP contribution in [0.15, 0.2) is 71.8 Å². The molecule has 2 aromatic carbocycles. The van der Waals surface area contributed by atoms with Crippen molar-refractivity contribution in [2.45, 2.75) is 63.4 Å². The number of sulfonamides is 1. The number of aryl methyl sites for hydroxylation is 1. The summed E-state index contributed by atoms with van der Waals surface area (Å²) >= 11 is 0. The van der Waals surface area contributed by atoms with Gasteiger partial charge in [0.05, 0.1) is 17.1 Å². The molecule has 0 saturated carbocycles. The Morgan fingerprint density at radius 2 is 1.73 bits per heavy atom. The molecular weight excluding hydrogens is 582 g/mol. The summed E-state index contributed by atoms with van der Waals surface area (Å²) in [6, 6.07) is 14.3. The largest absolute Gasteiger partial charge is 0.508 e. The fourth-order valence-corrected chi connectivity index (χ4v) is 6.63. The van der Waals surface area contributed by atoms with Gasteiger partial charge in [0.2, 0.25) is 15.9 Å². The van der Waals surface area contributed by atoms with Gasteiger partial charge >= 0.3 is 0 Å². The van der Waals surface area contributed by atoms with Crippen molar-refractivity contribution in [2.24, 2.45) is 5.92 Å². The number of hydrogen-bond donors (Lipinski definition) is 5. The summed E-state index contributed by atoms with van der Waals surface area (Å²) in [5.41, 5.74) is 7.57. The monoisotopic (exact) mass is 625 g/mol. The number of carbonyl (C=O) groups excluding carboxylic acids is 2. The van der Waals surface area contributed by atoms with Gasteiger partial charge in [-0.1, -0.05) is 38.5 Å². The van der Waals surface area contributed by atoms with E-state index in [0.29, 0.717) is 41.8 Å². The van der Waals surface area contributed by atoms with Crippen molar-refractivity contribution < 1.29 is 28.2 Å². The van der Waals surface area contributed by atoms with E-state index in [1.807, 2.05) is 13.8 Å². The molecule has 11 nitrogen and oxygen atoms in total. The number of carbonyl (C=O) groups is 2. The summed E-state index contributed by atoms with van der Waals surface area (Å²) in [6.45, 7) is 5.68. The summed E-state index contributed by atoms with van der Waals surface area (Å²) in [4.78, 5) is 30.5. The van der Waals surface area contributed by atoms with Crippen LogP contribution < -0.4 is 16.4 Å². The molecule has 0 bridgehead atoms.